The third-order valence-electron chi connectivity index (χ3n) is 4.13. The second-order valence-corrected chi connectivity index (χ2v) is 6.05. The fraction of sp³-hybridized carbons (Fsp3) is 0.471. The van der Waals surface area contributed by atoms with Gasteiger partial charge in [-0.05, 0) is 30.9 Å². The van der Waals surface area contributed by atoms with Crippen molar-refractivity contribution in [2.24, 2.45) is 11.7 Å². The van der Waals surface area contributed by atoms with Gasteiger partial charge < -0.3 is 21.3 Å². The number of nitrogens with one attached hydrogen (secondary N) is 2. The zero-order valence-corrected chi connectivity index (χ0v) is 13.9. The average Bonchev–Trinajstić information content (AvgIpc) is 2.60. The molecular weight excluding hydrogens is 308 g/mol. The number of anilines is 1. The molecule has 1 aromatic carbocycles. The number of para-hydroxylation sites is 1. The van der Waals surface area contributed by atoms with Crippen LogP contribution in [0.5, 0.6) is 0 Å². The number of carbonyl (C=O) groups excluding carboxylic acids is 3. The summed E-state index contributed by atoms with van der Waals surface area (Å²) >= 11 is 0. The van der Waals surface area contributed by atoms with Crippen molar-refractivity contribution >= 4 is 23.4 Å². The fourth-order valence-corrected chi connectivity index (χ4v) is 2.61. The summed E-state index contributed by atoms with van der Waals surface area (Å²) in [5.74, 6) is -0.250. The highest BCUT2D eigenvalue weighted by molar-refractivity contribution is 6.04. The molecular formula is C17H24N4O3. The second kappa shape index (κ2) is 8.44. The SMILES string of the molecule is CC1CCN(C(=O)c2ccccc2NC(=O)CNC(=O)CN)CC1. The molecule has 0 aromatic heterocycles. The lowest BCUT2D eigenvalue weighted by Crippen LogP contribution is -2.39. The van der Waals surface area contributed by atoms with Gasteiger partial charge in [-0.1, -0.05) is 19.1 Å². The van der Waals surface area contributed by atoms with Crippen molar-refractivity contribution in [3.8, 4) is 0 Å². The Morgan fingerprint density at radius 3 is 2.50 bits per heavy atom. The molecule has 0 bridgehead atoms. The zero-order chi connectivity index (χ0) is 17.5. The summed E-state index contributed by atoms with van der Waals surface area (Å²) < 4.78 is 0. The van der Waals surface area contributed by atoms with Crippen LogP contribution in [0, 0.1) is 5.92 Å². The number of piperidine rings is 1. The largest absolute Gasteiger partial charge is 0.346 e. The Morgan fingerprint density at radius 1 is 1.17 bits per heavy atom. The number of hydrogen-bond donors (Lipinski definition) is 3. The molecule has 4 N–H and O–H groups in total. The molecule has 3 amide bonds. The molecule has 1 aromatic rings. The molecule has 1 heterocycles. The van der Waals surface area contributed by atoms with Crippen LogP contribution >= 0.6 is 0 Å². The van der Waals surface area contributed by atoms with E-state index in [9.17, 15) is 14.4 Å². The number of amides is 3. The van der Waals surface area contributed by atoms with Crippen LogP contribution in [0.25, 0.3) is 0 Å². The molecule has 0 radical (unpaired) electrons. The first kappa shape index (κ1) is 17.9. The van der Waals surface area contributed by atoms with Gasteiger partial charge in [0.1, 0.15) is 0 Å². The normalized spacial score (nSPS) is 15.0. The molecule has 130 valence electrons. The van der Waals surface area contributed by atoms with E-state index < -0.39 is 11.8 Å². The van der Waals surface area contributed by atoms with Gasteiger partial charge >= 0.3 is 0 Å². The van der Waals surface area contributed by atoms with Crippen LogP contribution in [0.2, 0.25) is 0 Å². The highest BCUT2D eigenvalue weighted by Gasteiger charge is 2.23. The van der Waals surface area contributed by atoms with Crippen molar-refractivity contribution in [1.82, 2.24) is 10.2 Å². The maximum atomic E-state index is 12.7. The Kier molecular flexibility index (Phi) is 6.31. The van der Waals surface area contributed by atoms with Gasteiger partial charge in [0, 0.05) is 13.1 Å². The van der Waals surface area contributed by atoms with E-state index in [1.165, 1.54) is 0 Å². The molecule has 7 nitrogen and oxygen atoms in total. The van der Waals surface area contributed by atoms with Crippen molar-refractivity contribution < 1.29 is 14.4 Å². The van der Waals surface area contributed by atoms with Gasteiger partial charge in [-0.3, -0.25) is 14.4 Å². The van der Waals surface area contributed by atoms with E-state index in [0.717, 1.165) is 25.9 Å². The molecule has 1 aliphatic heterocycles. The van der Waals surface area contributed by atoms with Crippen LogP contribution in [-0.4, -0.2) is 48.8 Å². The molecule has 1 fully saturated rings. The first-order valence-corrected chi connectivity index (χ1v) is 8.16. The smallest absolute Gasteiger partial charge is 0.255 e. The lowest BCUT2D eigenvalue weighted by Gasteiger charge is -2.30. The summed E-state index contributed by atoms with van der Waals surface area (Å²) in [5.41, 5.74) is 6.09. The third-order valence-corrected chi connectivity index (χ3v) is 4.13. The molecule has 0 atom stereocenters. The molecule has 2 rings (SSSR count). The van der Waals surface area contributed by atoms with Crippen molar-refractivity contribution in [3.63, 3.8) is 0 Å². The predicted molar refractivity (Wildman–Crippen MR) is 91.4 cm³/mol. The Labute approximate surface area is 141 Å². The second-order valence-electron chi connectivity index (χ2n) is 6.05. The van der Waals surface area contributed by atoms with E-state index in [2.05, 4.69) is 17.6 Å². The highest BCUT2D eigenvalue weighted by atomic mass is 16.2. The molecule has 24 heavy (non-hydrogen) atoms. The Balaban J connectivity index is 2.02. The van der Waals surface area contributed by atoms with Crippen molar-refractivity contribution in [2.45, 2.75) is 19.8 Å². The average molecular weight is 332 g/mol. The van der Waals surface area contributed by atoms with Crippen molar-refractivity contribution in [3.05, 3.63) is 29.8 Å². The van der Waals surface area contributed by atoms with E-state index >= 15 is 0 Å². The summed E-state index contributed by atoms with van der Waals surface area (Å²) in [5, 5.41) is 5.07. The molecule has 1 aliphatic rings. The first-order chi connectivity index (χ1) is 11.5. The number of nitrogens with zero attached hydrogens (tertiary/aromatic N) is 1. The molecule has 0 spiro atoms. The summed E-state index contributed by atoms with van der Waals surface area (Å²) in [4.78, 5) is 37.6. The Bertz CT molecular complexity index is 610. The van der Waals surface area contributed by atoms with E-state index in [4.69, 9.17) is 5.73 Å². The van der Waals surface area contributed by atoms with Crippen LogP contribution in [-0.2, 0) is 9.59 Å². The number of rotatable bonds is 5. The molecule has 7 heteroatoms. The minimum absolute atomic E-state index is 0.0798. The molecule has 0 aliphatic carbocycles. The van der Waals surface area contributed by atoms with Crippen LogP contribution < -0.4 is 16.4 Å². The number of likely N-dealkylation sites (tertiary alicyclic amines) is 1. The van der Waals surface area contributed by atoms with Crippen LogP contribution in [0.4, 0.5) is 5.69 Å². The molecule has 0 saturated carbocycles. The van der Waals surface area contributed by atoms with Crippen LogP contribution in [0.15, 0.2) is 24.3 Å². The van der Waals surface area contributed by atoms with Gasteiger partial charge in [0.05, 0.1) is 24.3 Å². The minimum Gasteiger partial charge on any atom is -0.346 e. The quantitative estimate of drug-likeness (QED) is 0.733. The number of carbonyl (C=O) groups is 3. The summed E-state index contributed by atoms with van der Waals surface area (Å²) in [7, 11) is 0. The van der Waals surface area contributed by atoms with Crippen LogP contribution in [0.3, 0.4) is 0 Å². The first-order valence-electron chi connectivity index (χ1n) is 8.16. The molecule has 1 saturated heterocycles. The maximum Gasteiger partial charge on any atom is 0.255 e. The summed E-state index contributed by atoms with van der Waals surface area (Å²) in [6, 6.07) is 6.91. The van der Waals surface area contributed by atoms with Crippen molar-refractivity contribution in [2.75, 3.05) is 31.5 Å². The van der Waals surface area contributed by atoms with Gasteiger partial charge in [-0.25, -0.2) is 0 Å². The fourth-order valence-electron chi connectivity index (χ4n) is 2.61. The monoisotopic (exact) mass is 332 g/mol. The van der Waals surface area contributed by atoms with E-state index in [0.29, 0.717) is 17.2 Å². The van der Waals surface area contributed by atoms with Gasteiger partial charge in [-0.15, -0.1) is 0 Å². The lowest BCUT2D eigenvalue weighted by molar-refractivity contribution is -0.123. The number of hydrogen-bond acceptors (Lipinski definition) is 4. The van der Waals surface area contributed by atoms with Gasteiger partial charge in [0.25, 0.3) is 5.91 Å². The zero-order valence-electron chi connectivity index (χ0n) is 13.9. The van der Waals surface area contributed by atoms with Crippen molar-refractivity contribution in [1.29, 1.82) is 0 Å². The number of nitrogens with two attached hydrogens (primary N) is 1. The van der Waals surface area contributed by atoms with E-state index in [1.54, 1.807) is 24.3 Å². The Morgan fingerprint density at radius 2 is 1.83 bits per heavy atom. The lowest BCUT2D eigenvalue weighted by atomic mass is 9.98. The van der Waals surface area contributed by atoms with Gasteiger partial charge in [0.15, 0.2) is 0 Å². The van der Waals surface area contributed by atoms with Gasteiger partial charge in [0.2, 0.25) is 11.8 Å². The minimum atomic E-state index is -0.406. The Hall–Kier alpha value is -2.41. The molecule has 0 unspecified atom stereocenters. The highest BCUT2D eigenvalue weighted by Crippen LogP contribution is 2.22. The van der Waals surface area contributed by atoms with Gasteiger partial charge in [-0.2, -0.15) is 0 Å². The third kappa shape index (κ3) is 4.79. The van der Waals surface area contributed by atoms with Crippen LogP contribution in [0.1, 0.15) is 30.1 Å². The van der Waals surface area contributed by atoms with E-state index in [1.807, 2.05) is 4.90 Å². The standard InChI is InChI=1S/C17H24N4O3/c1-12-6-8-21(9-7-12)17(24)13-4-2-3-5-14(13)20-16(23)11-19-15(22)10-18/h2-5,12H,6-11,18H2,1H3,(H,19,22)(H,20,23). The predicted octanol–water partition coefficient (Wildman–Crippen LogP) is 0.572. The summed E-state index contributed by atoms with van der Waals surface area (Å²) in [6.45, 7) is 3.30. The van der Waals surface area contributed by atoms with E-state index in [-0.39, 0.29) is 19.0 Å². The number of benzene rings is 1. The maximum absolute atomic E-state index is 12.7. The topological polar surface area (TPSA) is 105 Å². The summed E-state index contributed by atoms with van der Waals surface area (Å²) in [6.07, 6.45) is 1.98.